The van der Waals surface area contributed by atoms with E-state index in [9.17, 15) is 4.79 Å². The van der Waals surface area contributed by atoms with Crippen molar-refractivity contribution in [2.75, 3.05) is 12.3 Å². The van der Waals surface area contributed by atoms with Crippen LogP contribution in [0.1, 0.15) is 29.8 Å². The molecule has 0 radical (unpaired) electrons. The monoisotopic (exact) mass is 397 g/mol. The molecule has 0 spiro atoms. The summed E-state index contributed by atoms with van der Waals surface area (Å²) in [5.74, 6) is 2.11. The number of hydrogen-bond acceptors (Lipinski definition) is 3. The molecule has 0 saturated carbocycles. The van der Waals surface area contributed by atoms with E-state index in [2.05, 4.69) is 5.32 Å². The lowest BCUT2D eigenvalue weighted by atomic mass is 10.2. The predicted octanol–water partition coefficient (Wildman–Crippen LogP) is 5.44. The van der Waals surface area contributed by atoms with Crippen LogP contribution in [-0.4, -0.2) is 24.3 Å². The largest absolute Gasteiger partial charge is 0.490 e. The van der Waals surface area contributed by atoms with Crippen LogP contribution in [0.3, 0.4) is 0 Å². The van der Waals surface area contributed by atoms with Gasteiger partial charge in [0.05, 0.1) is 21.7 Å². The molecule has 3 nitrogen and oxygen atoms in total. The lowest BCUT2D eigenvalue weighted by molar-refractivity contribution is 0.0950. The van der Waals surface area contributed by atoms with Gasteiger partial charge in [-0.25, -0.2) is 0 Å². The first kappa shape index (κ1) is 20.0. The van der Waals surface area contributed by atoms with Crippen molar-refractivity contribution in [1.82, 2.24) is 5.32 Å². The lowest BCUT2D eigenvalue weighted by Crippen LogP contribution is -2.26. The fraction of sp³-hybridized carbons (Fsp3) is 0.316. The summed E-state index contributed by atoms with van der Waals surface area (Å²) in [6.45, 7) is 4.46. The number of ether oxygens (including phenoxy) is 1. The highest BCUT2D eigenvalue weighted by molar-refractivity contribution is 7.98. The Morgan fingerprint density at radius 1 is 1.16 bits per heavy atom. The van der Waals surface area contributed by atoms with E-state index in [0.29, 0.717) is 27.9 Å². The summed E-state index contributed by atoms with van der Waals surface area (Å²) in [4.78, 5) is 12.3. The van der Waals surface area contributed by atoms with Crippen molar-refractivity contribution in [2.24, 2.45) is 0 Å². The Morgan fingerprint density at radius 3 is 2.64 bits per heavy atom. The van der Waals surface area contributed by atoms with E-state index in [0.717, 1.165) is 17.1 Å². The second-order valence-corrected chi connectivity index (χ2v) is 7.64. The van der Waals surface area contributed by atoms with Crippen molar-refractivity contribution < 1.29 is 9.53 Å². The third kappa shape index (κ3) is 6.46. The van der Waals surface area contributed by atoms with Crippen molar-refractivity contribution in [1.29, 1.82) is 0 Å². The zero-order valence-corrected chi connectivity index (χ0v) is 16.5. The molecule has 0 atom stereocenters. The molecule has 0 saturated heterocycles. The zero-order chi connectivity index (χ0) is 18.2. The van der Waals surface area contributed by atoms with Gasteiger partial charge in [0.1, 0.15) is 5.75 Å². The van der Waals surface area contributed by atoms with Gasteiger partial charge in [-0.15, -0.1) is 0 Å². The molecule has 0 aliphatic rings. The average Bonchev–Trinajstić information content (AvgIpc) is 2.57. The molecule has 0 heterocycles. The van der Waals surface area contributed by atoms with Crippen LogP contribution in [0, 0.1) is 0 Å². The molecule has 6 heteroatoms. The fourth-order valence-electron chi connectivity index (χ4n) is 2.16. The molecule has 0 fully saturated rings. The number of hydrogen-bond donors (Lipinski definition) is 1. The summed E-state index contributed by atoms with van der Waals surface area (Å²) in [6.07, 6.45) is 0.0238. The Hall–Kier alpha value is -1.36. The van der Waals surface area contributed by atoms with Crippen molar-refractivity contribution in [2.45, 2.75) is 25.7 Å². The number of halogens is 2. The van der Waals surface area contributed by atoms with Crippen LogP contribution >= 0.6 is 35.0 Å². The Kier molecular flexibility index (Phi) is 7.94. The van der Waals surface area contributed by atoms with Crippen LogP contribution in [0.4, 0.5) is 0 Å². The number of para-hydroxylation sites is 1. The van der Waals surface area contributed by atoms with Gasteiger partial charge in [-0.1, -0.05) is 41.4 Å². The second-order valence-electron chi connectivity index (χ2n) is 5.72. The van der Waals surface area contributed by atoms with Gasteiger partial charge in [0, 0.05) is 18.1 Å². The van der Waals surface area contributed by atoms with E-state index < -0.39 is 0 Å². The van der Waals surface area contributed by atoms with Gasteiger partial charge in [-0.3, -0.25) is 4.79 Å². The highest BCUT2D eigenvalue weighted by atomic mass is 35.5. The molecule has 134 valence electrons. The number of rotatable bonds is 8. The van der Waals surface area contributed by atoms with Gasteiger partial charge in [-0.2, -0.15) is 11.8 Å². The van der Waals surface area contributed by atoms with Crippen LogP contribution in [0.15, 0.2) is 42.5 Å². The Bertz CT molecular complexity index is 722. The molecule has 0 aromatic heterocycles. The molecule has 1 amide bonds. The van der Waals surface area contributed by atoms with Gasteiger partial charge in [0.25, 0.3) is 5.91 Å². The summed E-state index contributed by atoms with van der Waals surface area (Å²) < 4.78 is 5.68. The van der Waals surface area contributed by atoms with E-state index >= 15 is 0 Å². The van der Waals surface area contributed by atoms with E-state index in [-0.39, 0.29) is 12.0 Å². The first-order valence-corrected chi connectivity index (χ1v) is 9.94. The molecular weight excluding hydrogens is 377 g/mol. The number of benzene rings is 2. The molecule has 2 aromatic rings. The molecule has 0 unspecified atom stereocenters. The van der Waals surface area contributed by atoms with E-state index in [1.165, 1.54) is 0 Å². The number of amides is 1. The molecule has 0 bridgehead atoms. The number of thioether (sulfide) groups is 1. The third-order valence-corrected chi connectivity index (χ3v) is 5.05. The van der Waals surface area contributed by atoms with Crippen LogP contribution < -0.4 is 10.1 Å². The number of carbonyl (C=O) groups excluding carboxylic acids is 1. The summed E-state index contributed by atoms with van der Waals surface area (Å²) >= 11 is 13.6. The summed E-state index contributed by atoms with van der Waals surface area (Å²) in [5.41, 5.74) is 1.67. The van der Waals surface area contributed by atoms with Crippen molar-refractivity contribution in [3.05, 3.63) is 63.6 Å². The van der Waals surface area contributed by atoms with Gasteiger partial charge in [0.2, 0.25) is 0 Å². The van der Waals surface area contributed by atoms with Gasteiger partial charge in [0.15, 0.2) is 0 Å². The highest BCUT2D eigenvalue weighted by Crippen LogP contribution is 2.24. The third-order valence-electron chi connectivity index (χ3n) is 3.28. The van der Waals surface area contributed by atoms with E-state index in [4.69, 9.17) is 27.9 Å². The van der Waals surface area contributed by atoms with Crippen LogP contribution in [-0.2, 0) is 5.75 Å². The molecule has 2 aromatic carbocycles. The Labute approximate surface area is 163 Å². The molecular formula is C19H21Cl2NO2S. The summed E-state index contributed by atoms with van der Waals surface area (Å²) in [5, 5.41) is 4.06. The first-order chi connectivity index (χ1) is 12.0. The van der Waals surface area contributed by atoms with Crippen LogP contribution in [0.5, 0.6) is 5.75 Å². The predicted molar refractivity (Wildman–Crippen MR) is 107 cm³/mol. The van der Waals surface area contributed by atoms with Gasteiger partial charge < -0.3 is 10.1 Å². The van der Waals surface area contributed by atoms with Gasteiger partial charge >= 0.3 is 0 Å². The van der Waals surface area contributed by atoms with Crippen LogP contribution in [0.2, 0.25) is 10.0 Å². The SMILES string of the molecule is CC(C)Oc1ccccc1C(=O)NCCSCc1ccc(Cl)c(Cl)c1. The maximum Gasteiger partial charge on any atom is 0.255 e. The van der Waals surface area contributed by atoms with E-state index in [1.54, 1.807) is 23.9 Å². The molecule has 0 aliphatic carbocycles. The van der Waals surface area contributed by atoms with E-state index in [1.807, 2.05) is 44.2 Å². The van der Waals surface area contributed by atoms with Crippen molar-refractivity contribution in [3.63, 3.8) is 0 Å². The Morgan fingerprint density at radius 2 is 1.92 bits per heavy atom. The smallest absolute Gasteiger partial charge is 0.255 e. The number of nitrogens with one attached hydrogen (secondary N) is 1. The fourth-order valence-corrected chi connectivity index (χ4v) is 3.29. The average molecular weight is 398 g/mol. The van der Waals surface area contributed by atoms with Crippen LogP contribution in [0.25, 0.3) is 0 Å². The molecule has 2 rings (SSSR count). The Balaban J connectivity index is 1.78. The standard InChI is InChI=1S/C19H21Cl2NO2S/c1-13(2)24-18-6-4-3-5-15(18)19(23)22-9-10-25-12-14-7-8-16(20)17(21)11-14/h3-8,11,13H,9-10,12H2,1-2H3,(H,22,23). The quantitative estimate of drug-likeness (QED) is 0.602. The van der Waals surface area contributed by atoms with Crippen molar-refractivity contribution in [3.8, 4) is 5.75 Å². The minimum atomic E-state index is -0.119. The summed E-state index contributed by atoms with van der Waals surface area (Å²) in [6, 6.07) is 12.9. The van der Waals surface area contributed by atoms with Crippen molar-refractivity contribution >= 4 is 40.9 Å². The van der Waals surface area contributed by atoms with Gasteiger partial charge in [-0.05, 0) is 43.7 Å². The lowest BCUT2D eigenvalue weighted by Gasteiger charge is -2.14. The minimum absolute atomic E-state index is 0.0238. The molecule has 1 N–H and O–H groups in total. The number of carbonyl (C=O) groups is 1. The highest BCUT2D eigenvalue weighted by Gasteiger charge is 2.12. The maximum absolute atomic E-state index is 12.3. The molecule has 25 heavy (non-hydrogen) atoms. The first-order valence-electron chi connectivity index (χ1n) is 8.03. The zero-order valence-electron chi connectivity index (χ0n) is 14.2. The maximum atomic E-state index is 12.3. The topological polar surface area (TPSA) is 38.3 Å². The molecule has 0 aliphatic heterocycles. The second kappa shape index (κ2) is 9.95. The minimum Gasteiger partial charge on any atom is -0.490 e. The summed E-state index contributed by atoms with van der Waals surface area (Å²) in [7, 11) is 0. The normalized spacial score (nSPS) is 10.8.